The van der Waals surface area contributed by atoms with E-state index in [0.717, 1.165) is 6.42 Å². The van der Waals surface area contributed by atoms with Crippen molar-refractivity contribution in [1.29, 1.82) is 0 Å². The van der Waals surface area contributed by atoms with Crippen LogP contribution in [0, 0.1) is 20.8 Å². The monoisotopic (exact) mass is 732 g/mol. The predicted octanol–water partition coefficient (Wildman–Crippen LogP) is 16.8. The van der Waals surface area contributed by atoms with E-state index in [1.807, 2.05) is 19.9 Å². The Kier molecular flexibility index (Phi) is 15.4. The Labute approximate surface area is 337 Å². The fraction of sp³-hybridized carbons (Fsp3) is 0.214. The smallest absolute Gasteiger partial charge is 0.00666 e. The summed E-state index contributed by atoms with van der Waals surface area (Å²) in [6.45, 7) is 17.4. The minimum atomic E-state index is 0.502. The molecule has 0 aliphatic heterocycles. The lowest BCUT2D eigenvalue weighted by Gasteiger charge is -2.21. The van der Waals surface area contributed by atoms with Gasteiger partial charge in [-0.25, -0.2) is 0 Å². The minimum Gasteiger partial charge on any atom is -0.0683 e. The van der Waals surface area contributed by atoms with Crippen LogP contribution in [-0.2, 0) is 6.42 Å². The maximum absolute atomic E-state index is 2.43. The van der Waals surface area contributed by atoms with Gasteiger partial charge in [0.1, 0.15) is 0 Å². The maximum atomic E-state index is 2.43. The zero-order chi connectivity index (χ0) is 39.9. The van der Waals surface area contributed by atoms with Crippen LogP contribution in [0.2, 0.25) is 0 Å². The van der Waals surface area contributed by atoms with Gasteiger partial charge in [-0.2, -0.15) is 0 Å². The average Bonchev–Trinajstić information content (AvgIpc) is 3.26. The van der Waals surface area contributed by atoms with Gasteiger partial charge in [0.25, 0.3) is 0 Å². The molecule has 0 heteroatoms. The lowest BCUT2D eigenvalue weighted by atomic mass is 9.82. The zero-order valence-electron chi connectivity index (χ0n) is 34.9. The molecule has 1 unspecified atom stereocenters. The van der Waals surface area contributed by atoms with Crippen LogP contribution in [-0.4, -0.2) is 0 Å². The Balaban J connectivity index is 0.000000204. The molecule has 284 valence electrons. The molecule has 0 spiro atoms. The van der Waals surface area contributed by atoms with Crippen LogP contribution in [0.15, 0.2) is 176 Å². The van der Waals surface area contributed by atoms with Crippen molar-refractivity contribution >= 4 is 21.5 Å². The van der Waals surface area contributed by atoms with E-state index >= 15 is 0 Å². The summed E-state index contributed by atoms with van der Waals surface area (Å²) >= 11 is 0. The van der Waals surface area contributed by atoms with E-state index in [2.05, 4.69) is 211 Å². The number of hydrogen-bond acceptors (Lipinski definition) is 0. The molecule has 0 saturated heterocycles. The summed E-state index contributed by atoms with van der Waals surface area (Å²) in [6, 6.07) is 63.3. The maximum Gasteiger partial charge on any atom is -0.00666 e. The molecular formula is C56H60. The summed E-state index contributed by atoms with van der Waals surface area (Å²) in [4.78, 5) is 0. The standard InChI is InChI=1S/C32H30.C13H12.C9H12.C2H6/c1-5-22(3)26-19-18-25(24-16-14-21(2)15-17-24)20-31(26)32-23(4)27-10-6-7-11-28(27)29-12-8-9-13-30(29)32;1-11-6-5-9-13(10-11)12-7-3-2-4-8-12;1-2-6-9-7-4-3-5-8-9;1-2/h6-20,22H,5H2,1-4H3;2-10H,1H3;3-5,7-8H,2,6H2,1H3;1-2H3. The topological polar surface area (TPSA) is 0 Å². The molecular weight excluding hydrogens is 673 g/mol. The Morgan fingerprint density at radius 2 is 0.929 bits per heavy atom. The van der Waals surface area contributed by atoms with Crippen LogP contribution in [0.25, 0.3) is 54.9 Å². The van der Waals surface area contributed by atoms with Gasteiger partial charge in [-0.3, -0.25) is 0 Å². The lowest BCUT2D eigenvalue weighted by Crippen LogP contribution is -1.99. The molecule has 56 heavy (non-hydrogen) atoms. The molecule has 0 radical (unpaired) electrons. The van der Waals surface area contributed by atoms with Gasteiger partial charge in [-0.05, 0) is 117 Å². The van der Waals surface area contributed by atoms with Crippen LogP contribution in [0.4, 0.5) is 0 Å². The largest absolute Gasteiger partial charge is 0.0683 e. The summed E-state index contributed by atoms with van der Waals surface area (Å²) in [6.07, 6.45) is 3.58. The van der Waals surface area contributed by atoms with Crippen LogP contribution >= 0.6 is 0 Å². The van der Waals surface area contributed by atoms with Gasteiger partial charge in [-0.15, -0.1) is 0 Å². The number of aryl methyl sites for hydroxylation is 4. The van der Waals surface area contributed by atoms with Crippen LogP contribution in [0.3, 0.4) is 0 Å². The van der Waals surface area contributed by atoms with Gasteiger partial charge < -0.3 is 0 Å². The van der Waals surface area contributed by atoms with Crippen molar-refractivity contribution in [2.24, 2.45) is 0 Å². The Morgan fingerprint density at radius 1 is 0.429 bits per heavy atom. The summed E-state index contributed by atoms with van der Waals surface area (Å²) in [5, 5.41) is 5.36. The number of fused-ring (bicyclic) bond motifs is 3. The average molecular weight is 733 g/mol. The molecule has 0 aliphatic carbocycles. The van der Waals surface area contributed by atoms with Gasteiger partial charge in [0.2, 0.25) is 0 Å². The molecule has 0 saturated carbocycles. The fourth-order valence-electron chi connectivity index (χ4n) is 7.40. The second kappa shape index (κ2) is 20.8. The zero-order valence-corrected chi connectivity index (χ0v) is 34.9. The quantitative estimate of drug-likeness (QED) is 0.143. The molecule has 0 nitrogen and oxygen atoms in total. The van der Waals surface area contributed by atoms with E-state index in [1.54, 1.807) is 0 Å². The van der Waals surface area contributed by atoms with Gasteiger partial charge in [0, 0.05) is 0 Å². The Bertz CT molecular complexity index is 2400. The normalized spacial score (nSPS) is 11.0. The molecule has 0 N–H and O–H groups in total. The predicted molar refractivity (Wildman–Crippen MR) is 249 cm³/mol. The first kappa shape index (κ1) is 41.4. The Morgan fingerprint density at radius 3 is 1.54 bits per heavy atom. The lowest BCUT2D eigenvalue weighted by molar-refractivity contribution is 0.735. The molecule has 8 aromatic carbocycles. The third kappa shape index (κ3) is 10.3. The molecule has 0 heterocycles. The second-order valence-electron chi connectivity index (χ2n) is 14.5. The third-order valence-corrected chi connectivity index (χ3v) is 10.6. The number of hydrogen-bond donors (Lipinski definition) is 0. The third-order valence-electron chi connectivity index (χ3n) is 10.6. The van der Waals surface area contributed by atoms with E-state index < -0.39 is 0 Å². The van der Waals surface area contributed by atoms with Crippen LogP contribution < -0.4 is 0 Å². The van der Waals surface area contributed by atoms with Crippen molar-refractivity contribution in [3.63, 3.8) is 0 Å². The summed E-state index contributed by atoms with van der Waals surface area (Å²) in [7, 11) is 0. The first-order chi connectivity index (χ1) is 27.4. The van der Waals surface area contributed by atoms with Crippen LogP contribution in [0.5, 0.6) is 0 Å². The van der Waals surface area contributed by atoms with Crippen molar-refractivity contribution < 1.29 is 0 Å². The van der Waals surface area contributed by atoms with E-state index in [9.17, 15) is 0 Å². The van der Waals surface area contributed by atoms with E-state index in [-0.39, 0.29) is 0 Å². The molecule has 8 aromatic rings. The molecule has 0 amide bonds. The molecule has 0 bridgehead atoms. The van der Waals surface area contributed by atoms with E-state index in [1.165, 1.54) is 95.6 Å². The number of benzene rings is 8. The van der Waals surface area contributed by atoms with Crippen molar-refractivity contribution in [3.8, 4) is 33.4 Å². The number of rotatable bonds is 7. The highest BCUT2D eigenvalue weighted by Crippen LogP contribution is 2.43. The molecule has 0 fully saturated rings. The summed E-state index contributed by atoms with van der Waals surface area (Å²) < 4.78 is 0. The first-order valence-electron chi connectivity index (χ1n) is 20.6. The molecule has 0 aromatic heterocycles. The van der Waals surface area contributed by atoms with Gasteiger partial charge in [-0.1, -0.05) is 222 Å². The van der Waals surface area contributed by atoms with Gasteiger partial charge >= 0.3 is 0 Å². The van der Waals surface area contributed by atoms with Crippen molar-refractivity contribution in [2.75, 3.05) is 0 Å². The van der Waals surface area contributed by atoms with Gasteiger partial charge in [0.05, 0.1) is 0 Å². The fourth-order valence-corrected chi connectivity index (χ4v) is 7.40. The first-order valence-corrected chi connectivity index (χ1v) is 20.6. The summed E-state index contributed by atoms with van der Waals surface area (Å²) in [5.41, 5.74) is 14.7. The summed E-state index contributed by atoms with van der Waals surface area (Å²) in [5.74, 6) is 0.502. The highest BCUT2D eigenvalue weighted by Gasteiger charge is 2.18. The molecule has 1 atom stereocenters. The highest BCUT2D eigenvalue weighted by atomic mass is 14.2. The second-order valence-corrected chi connectivity index (χ2v) is 14.5. The van der Waals surface area contributed by atoms with Crippen molar-refractivity contribution in [1.82, 2.24) is 0 Å². The van der Waals surface area contributed by atoms with E-state index in [0.29, 0.717) is 5.92 Å². The molecule has 0 aliphatic rings. The van der Waals surface area contributed by atoms with Crippen molar-refractivity contribution in [3.05, 3.63) is 204 Å². The van der Waals surface area contributed by atoms with E-state index in [4.69, 9.17) is 0 Å². The van der Waals surface area contributed by atoms with Crippen molar-refractivity contribution in [2.45, 2.75) is 80.6 Å². The Hall–Kier alpha value is -5.72. The van der Waals surface area contributed by atoms with Gasteiger partial charge in [0.15, 0.2) is 0 Å². The SMILES string of the molecule is CC.CCC(C)c1ccc(-c2ccc(C)cc2)cc1-c1c(C)c2ccccc2c2ccccc12.CCCc1ccccc1.Cc1cccc(-c2ccccc2)c1. The highest BCUT2D eigenvalue weighted by molar-refractivity contribution is 6.16. The molecule has 8 rings (SSSR count). The minimum absolute atomic E-state index is 0.502. The van der Waals surface area contributed by atoms with Crippen LogP contribution in [0.1, 0.15) is 81.2 Å².